The van der Waals surface area contributed by atoms with Crippen LogP contribution in [0.4, 0.5) is 0 Å². The van der Waals surface area contributed by atoms with Crippen molar-refractivity contribution < 1.29 is 9.53 Å². The first kappa shape index (κ1) is 11.9. The van der Waals surface area contributed by atoms with Crippen molar-refractivity contribution in [1.82, 2.24) is 15.8 Å². The quantitative estimate of drug-likeness (QED) is 0.771. The molecule has 5 nitrogen and oxygen atoms in total. The molecule has 92 valence electrons. The molecule has 1 amide bonds. The Bertz CT molecular complexity index is 350. The van der Waals surface area contributed by atoms with Crippen LogP contribution < -0.4 is 15.5 Å². The highest BCUT2D eigenvalue weighted by atomic mass is 16.5. The van der Waals surface area contributed by atoms with Crippen molar-refractivity contribution >= 4 is 5.91 Å². The summed E-state index contributed by atoms with van der Waals surface area (Å²) in [6, 6.07) is 9.33. The molecule has 1 aliphatic rings. The number of piperazine rings is 1. The van der Waals surface area contributed by atoms with E-state index in [1.807, 2.05) is 35.3 Å². The number of amides is 1. The first-order valence-electron chi connectivity index (χ1n) is 5.77. The second-order valence-corrected chi connectivity index (χ2v) is 3.87. The lowest BCUT2D eigenvalue weighted by molar-refractivity contribution is -0.128. The summed E-state index contributed by atoms with van der Waals surface area (Å²) in [4.78, 5) is 11.6. The van der Waals surface area contributed by atoms with Gasteiger partial charge in [-0.3, -0.25) is 10.2 Å². The first-order chi connectivity index (χ1) is 8.34. The molecule has 1 aromatic rings. The number of benzene rings is 1. The van der Waals surface area contributed by atoms with Crippen molar-refractivity contribution in [2.24, 2.45) is 0 Å². The van der Waals surface area contributed by atoms with Crippen molar-refractivity contribution in [3.8, 4) is 5.75 Å². The molecule has 2 N–H and O–H groups in total. The van der Waals surface area contributed by atoms with Gasteiger partial charge in [-0.1, -0.05) is 18.2 Å². The number of hydrogen-bond acceptors (Lipinski definition) is 4. The molecule has 0 saturated carbocycles. The third kappa shape index (κ3) is 4.05. The molecule has 0 aliphatic carbocycles. The predicted molar refractivity (Wildman–Crippen MR) is 64.5 cm³/mol. The molecule has 1 heterocycles. The fourth-order valence-electron chi connectivity index (χ4n) is 1.65. The molecule has 0 aromatic heterocycles. The van der Waals surface area contributed by atoms with Crippen molar-refractivity contribution in [2.45, 2.75) is 0 Å². The van der Waals surface area contributed by atoms with Crippen LogP contribution in [0.1, 0.15) is 0 Å². The van der Waals surface area contributed by atoms with Crippen molar-refractivity contribution in [2.75, 3.05) is 32.8 Å². The smallest absolute Gasteiger partial charge is 0.272 e. The summed E-state index contributed by atoms with van der Waals surface area (Å²) in [5.74, 6) is 0.596. The fraction of sp³-hybridized carbons (Fsp3) is 0.417. The second kappa shape index (κ2) is 6.22. The summed E-state index contributed by atoms with van der Waals surface area (Å²) in [5, 5.41) is 5.13. The van der Waals surface area contributed by atoms with Gasteiger partial charge in [0.1, 0.15) is 5.75 Å². The van der Waals surface area contributed by atoms with E-state index >= 15 is 0 Å². The lowest BCUT2D eigenvalue weighted by Gasteiger charge is -2.27. The Morgan fingerprint density at radius 1 is 1.29 bits per heavy atom. The highest BCUT2D eigenvalue weighted by Gasteiger charge is 2.12. The Morgan fingerprint density at radius 2 is 2.00 bits per heavy atom. The van der Waals surface area contributed by atoms with Crippen LogP contribution in [0, 0.1) is 0 Å². The summed E-state index contributed by atoms with van der Waals surface area (Å²) >= 11 is 0. The van der Waals surface area contributed by atoms with Crippen LogP contribution in [0.25, 0.3) is 0 Å². The zero-order valence-corrected chi connectivity index (χ0v) is 9.69. The van der Waals surface area contributed by atoms with Gasteiger partial charge in [0.05, 0.1) is 0 Å². The van der Waals surface area contributed by atoms with Gasteiger partial charge in [-0.05, 0) is 12.1 Å². The number of nitrogens with zero attached hydrogens (tertiary/aromatic N) is 1. The van der Waals surface area contributed by atoms with Crippen LogP contribution in [-0.4, -0.2) is 43.7 Å². The number of rotatable bonds is 4. The Morgan fingerprint density at radius 3 is 2.71 bits per heavy atom. The van der Waals surface area contributed by atoms with E-state index in [0.29, 0.717) is 5.75 Å². The molecule has 1 saturated heterocycles. The van der Waals surface area contributed by atoms with Gasteiger partial charge >= 0.3 is 0 Å². The molecule has 17 heavy (non-hydrogen) atoms. The van der Waals surface area contributed by atoms with E-state index in [1.165, 1.54) is 0 Å². The minimum atomic E-state index is -0.115. The minimum Gasteiger partial charge on any atom is -0.484 e. The van der Waals surface area contributed by atoms with Gasteiger partial charge in [0.2, 0.25) is 0 Å². The SMILES string of the molecule is O=C(COc1ccccc1)NN1CCNCC1. The van der Waals surface area contributed by atoms with E-state index in [2.05, 4.69) is 10.7 Å². The third-order valence-corrected chi connectivity index (χ3v) is 2.51. The summed E-state index contributed by atoms with van der Waals surface area (Å²) in [6.07, 6.45) is 0. The summed E-state index contributed by atoms with van der Waals surface area (Å²) in [5.41, 5.74) is 2.82. The zero-order chi connectivity index (χ0) is 11.9. The molecule has 0 spiro atoms. The summed E-state index contributed by atoms with van der Waals surface area (Å²) in [6.45, 7) is 3.52. The van der Waals surface area contributed by atoms with Gasteiger partial charge in [0, 0.05) is 26.2 Å². The number of ether oxygens (including phenoxy) is 1. The van der Waals surface area contributed by atoms with E-state index in [-0.39, 0.29) is 12.5 Å². The fourth-order valence-corrected chi connectivity index (χ4v) is 1.65. The Kier molecular flexibility index (Phi) is 4.35. The molecule has 5 heteroatoms. The number of hydrogen-bond donors (Lipinski definition) is 2. The van der Waals surface area contributed by atoms with Gasteiger partial charge in [0.25, 0.3) is 5.91 Å². The van der Waals surface area contributed by atoms with E-state index in [9.17, 15) is 4.79 Å². The van der Waals surface area contributed by atoms with Gasteiger partial charge in [-0.15, -0.1) is 0 Å². The van der Waals surface area contributed by atoms with Gasteiger partial charge in [-0.25, -0.2) is 5.01 Å². The standard InChI is InChI=1S/C12H17N3O2/c16-12(14-15-8-6-13-7-9-15)10-17-11-4-2-1-3-5-11/h1-5,13H,6-10H2,(H,14,16). The Hall–Kier alpha value is -1.59. The van der Waals surface area contributed by atoms with Crippen LogP contribution in [0.3, 0.4) is 0 Å². The number of nitrogens with one attached hydrogen (secondary N) is 2. The largest absolute Gasteiger partial charge is 0.484 e. The maximum absolute atomic E-state index is 11.6. The molecule has 0 atom stereocenters. The summed E-state index contributed by atoms with van der Waals surface area (Å²) < 4.78 is 5.35. The molecule has 1 aromatic carbocycles. The van der Waals surface area contributed by atoms with Crippen LogP contribution in [0.5, 0.6) is 5.75 Å². The van der Waals surface area contributed by atoms with Crippen LogP contribution in [0.15, 0.2) is 30.3 Å². The van der Waals surface area contributed by atoms with Crippen LogP contribution in [0.2, 0.25) is 0 Å². The van der Waals surface area contributed by atoms with Crippen molar-refractivity contribution in [3.63, 3.8) is 0 Å². The average Bonchev–Trinajstić information content (AvgIpc) is 2.39. The van der Waals surface area contributed by atoms with Crippen LogP contribution in [-0.2, 0) is 4.79 Å². The van der Waals surface area contributed by atoms with E-state index in [4.69, 9.17) is 4.74 Å². The highest BCUT2D eigenvalue weighted by molar-refractivity contribution is 5.77. The topological polar surface area (TPSA) is 53.6 Å². The predicted octanol–water partition coefficient (Wildman–Crippen LogP) is 0.00180. The second-order valence-electron chi connectivity index (χ2n) is 3.87. The van der Waals surface area contributed by atoms with Crippen LogP contribution >= 0.6 is 0 Å². The van der Waals surface area contributed by atoms with E-state index in [0.717, 1.165) is 26.2 Å². The highest BCUT2D eigenvalue weighted by Crippen LogP contribution is 2.07. The molecule has 0 unspecified atom stereocenters. The van der Waals surface area contributed by atoms with E-state index < -0.39 is 0 Å². The normalized spacial score (nSPS) is 16.5. The first-order valence-corrected chi connectivity index (χ1v) is 5.77. The number of carbonyl (C=O) groups excluding carboxylic acids is 1. The number of para-hydroxylation sites is 1. The molecular weight excluding hydrogens is 218 g/mol. The van der Waals surface area contributed by atoms with Gasteiger partial charge < -0.3 is 10.1 Å². The molecule has 0 radical (unpaired) electrons. The van der Waals surface area contributed by atoms with Gasteiger partial charge in [-0.2, -0.15) is 0 Å². The number of hydrazine groups is 1. The number of carbonyl (C=O) groups is 1. The molecule has 1 fully saturated rings. The monoisotopic (exact) mass is 235 g/mol. The molecule has 1 aliphatic heterocycles. The Balaban J connectivity index is 1.70. The maximum Gasteiger partial charge on any atom is 0.272 e. The zero-order valence-electron chi connectivity index (χ0n) is 9.69. The summed E-state index contributed by atoms with van der Waals surface area (Å²) in [7, 11) is 0. The van der Waals surface area contributed by atoms with E-state index in [1.54, 1.807) is 0 Å². The Labute approximate surface area is 101 Å². The molecule has 2 rings (SSSR count). The molecule has 0 bridgehead atoms. The van der Waals surface area contributed by atoms with Crippen molar-refractivity contribution in [1.29, 1.82) is 0 Å². The lowest BCUT2D eigenvalue weighted by atomic mass is 10.3. The maximum atomic E-state index is 11.6. The lowest BCUT2D eigenvalue weighted by Crippen LogP contribution is -2.53. The average molecular weight is 235 g/mol. The molecular formula is C12H17N3O2. The van der Waals surface area contributed by atoms with Crippen molar-refractivity contribution in [3.05, 3.63) is 30.3 Å². The minimum absolute atomic E-state index is 0.0495. The van der Waals surface area contributed by atoms with Gasteiger partial charge in [0.15, 0.2) is 6.61 Å². The third-order valence-electron chi connectivity index (χ3n) is 2.51.